The molecule has 0 radical (unpaired) electrons. The molecule has 0 fully saturated rings. The summed E-state index contributed by atoms with van der Waals surface area (Å²) in [6.45, 7) is 1.29. The minimum absolute atomic E-state index is 0.112. The summed E-state index contributed by atoms with van der Waals surface area (Å²) in [5, 5.41) is 5.38. The van der Waals surface area contributed by atoms with Gasteiger partial charge in [0.1, 0.15) is 6.61 Å². The average molecular weight is 333 g/mol. The standard InChI is InChI=1S/C15H17ClN6O/c1-21(2)5-6-23-14-8-13(19-15(16)20-14)22-12-4-3-11(17)7-10(12)9-18-22/h3-4,7-9H,5-6,17H2,1-2H3. The first kappa shape index (κ1) is 15.5. The summed E-state index contributed by atoms with van der Waals surface area (Å²) in [5.41, 5.74) is 7.36. The van der Waals surface area contributed by atoms with E-state index in [2.05, 4.69) is 15.1 Å². The molecule has 0 atom stereocenters. The number of ether oxygens (including phenoxy) is 1. The zero-order valence-electron chi connectivity index (χ0n) is 12.9. The van der Waals surface area contributed by atoms with E-state index in [9.17, 15) is 0 Å². The minimum atomic E-state index is 0.112. The molecule has 0 saturated carbocycles. The number of halogens is 1. The quantitative estimate of drug-likeness (QED) is 0.568. The molecule has 0 amide bonds. The molecule has 0 unspecified atom stereocenters. The third kappa shape index (κ3) is 3.52. The minimum Gasteiger partial charge on any atom is -0.476 e. The molecule has 0 aliphatic carbocycles. The van der Waals surface area contributed by atoms with Crippen LogP contribution in [0.25, 0.3) is 16.7 Å². The van der Waals surface area contributed by atoms with Crippen LogP contribution in [0.3, 0.4) is 0 Å². The van der Waals surface area contributed by atoms with Gasteiger partial charge in [-0.25, -0.2) is 4.68 Å². The summed E-state index contributed by atoms with van der Waals surface area (Å²) < 4.78 is 7.31. The van der Waals surface area contributed by atoms with Crippen molar-refractivity contribution in [3.63, 3.8) is 0 Å². The van der Waals surface area contributed by atoms with Crippen LogP contribution in [-0.4, -0.2) is 51.9 Å². The van der Waals surface area contributed by atoms with Crippen LogP contribution in [0.2, 0.25) is 5.28 Å². The summed E-state index contributed by atoms with van der Waals surface area (Å²) in [4.78, 5) is 10.3. The van der Waals surface area contributed by atoms with Crippen molar-refractivity contribution in [1.82, 2.24) is 24.6 Å². The summed E-state index contributed by atoms with van der Waals surface area (Å²) in [6.07, 6.45) is 1.73. The lowest BCUT2D eigenvalue weighted by molar-refractivity contribution is 0.253. The number of nitrogens with zero attached hydrogens (tertiary/aromatic N) is 5. The van der Waals surface area contributed by atoms with Crippen molar-refractivity contribution in [2.75, 3.05) is 33.0 Å². The molecule has 0 bridgehead atoms. The molecule has 120 valence electrons. The summed E-state index contributed by atoms with van der Waals surface area (Å²) in [7, 11) is 3.95. The number of fused-ring (bicyclic) bond motifs is 1. The topological polar surface area (TPSA) is 82.1 Å². The van der Waals surface area contributed by atoms with Gasteiger partial charge in [-0.15, -0.1) is 0 Å². The highest BCUT2D eigenvalue weighted by Crippen LogP contribution is 2.22. The second-order valence-corrected chi connectivity index (χ2v) is 5.70. The normalized spacial score (nSPS) is 11.3. The fraction of sp³-hybridized carbons (Fsp3) is 0.267. The summed E-state index contributed by atoms with van der Waals surface area (Å²) in [5.74, 6) is 0.963. The highest BCUT2D eigenvalue weighted by molar-refractivity contribution is 6.28. The molecule has 2 N–H and O–H groups in total. The molecular weight excluding hydrogens is 316 g/mol. The van der Waals surface area contributed by atoms with Gasteiger partial charge >= 0.3 is 0 Å². The van der Waals surface area contributed by atoms with Gasteiger partial charge in [-0.3, -0.25) is 0 Å². The van der Waals surface area contributed by atoms with Crippen molar-refractivity contribution < 1.29 is 4.74 Å². The number of nitrogens with two attached hydrogens (primary N) is 1. The second-order valence-electron chi connectivity index (χ2n) is 5.36. The van der Waals surface area contributed by atoms with Crippen LogP contribution in [0, 0.1) is 0 Å². The molecule has 0 aliphatic heterocycles. The van der Waals surface area contributed by atoms with E-state index in [0.717, 1.165) is 17.4 Å². The molecule has 0 aliphatic rings. The van der Waals surface area contributed by atoms with Crippen molar-refractivity contribution in [2.24, 2.45) is 0 Å². The van der Waals surface area contributed by atoms with Crippen molar-refractivity contribution in [3.8, 4) is 11.7 Å². The monoisotopic (exact) mass is 332 g/mol. The van der Waals surface area contributed by atoms with Crippen LogP contribution < -0.4 is 10.5 Å². The number of hydrogen-bond acceptors (Lipinski definition) is 6. The van der Waals surface area contributed by atoms with E-state index in [4.69, 9.17) is 22.1 Å². The number of aromatic nitrogens is 4. The number of anilines is 1. The van der Waals surface area contributed by atoms with Crippen molar-refractivity contribution in [1.29, 1.82) is 0 Å². The zero-order chi connectivity index (χ0) is 16.4. The van der Waals surface area contributed by atoms with Gasteiger partial charge in [0.15, 0.2) is 5.82 Å². The second kappa shape index (κ2) is 6.39. The van der Waals surface area contributed by atoms with Gasteiger partial charge in [-0.05, 0) is 43.9 Å². The number of nitrogen functional groups attached to an aromatic ring is 1. The molecule has 2 heterocycles. The van der Waals surface area contributed by atoms with Gasteiger partial charge in [-0.2, -0.15) is 15.1 Å². The maximum atomic E-state index is 6.01. The van der Waals surface area contributed by atoms with Gasteiger partial charge in [0, 0.05) is 23.7 Å². The molecule has 23 heavy (non-hydrogen) atoms. The Kier molecular flexibility index (Phi) is 4.31. The Morgan fingerprint density at radius 2 is 2.09 bits per heavy atom. The first-order valence-electron chi connectivity index (χ1n) is 7.09. The third-order valence-corrected chi connectivity index (χ3v) is 3.43. The molecule has 8 heteroatoms. The maximum Gasteiger partial charge on any atom is 0.227 e. The fourth-order valence-corrected chi connectivity index (χ4v) is 2.30. The molecule has 2 aromatic heterocycles. The van der Waals surface area contributed by atoms with Crippen LogP contribution in [0.1, 0.15) is 0 Å². The van der Waals surface area contributed by atoms with Gasteiger partial charge in [0.05, 0.1) is 11.7 Å². The van der Waals surface area contributed by atoms with Crippen LogP contribution in [0.4, 0.5) is 5.69 Å². The van der Waals surface area contributed by atoms with E-state index in [1.807, 2.05) is 37.2 Å². The average Bonchev–Trinajstić information content (AvgIpc) is 2.89. The van der Waals surface area contributed by atoms with Gasteiger partial charge in [-0.1, -0.05) is 0 Å². The summed E-state index contributed by atoms with van der Waals surface area (Å²) in [6, 6.07) is 7.28. The van der Waals surface area contributed by atoms with E-state index in [1.165, 1.54) is 0 Å². The van der Waals surface area contributed by atoms with E-state index in [1.54, 1.807) is 16.9 Å². The van der Waals surface area contributed by atoms with Crippen LogP contribution in [0.5, 0.6) is 5.88 Å². The van der Waals surface area contributed by atoms with Crippen molar-refractivity contribution >= 4 is 28.2 Å². The Morgan fingerprint density at radius 1 is 1.26 bits per heavy atom. The Labute approximate surface area is 138 Å². The Bertz CT molecular complexity index is 832. The third-order valence-electron chi connectivity index (χ3n) is 3.26. The lowest BCUT2D eigenvalue weighted by Gasteiger charge is -2.11. The van der Waals surface area contributed by atoms with E-state index in [0.29, 0.717) is 24.0 Å². The lowest BCUT2D eigenvalue weighted by Crippen LogP contribution is -2.19. The molecular formula is C15H17ClN6O. The largest absolute Gasteiger partial charge is 0.476 e. The van der Waals surface area contributed by atoms with Crippen molar-refractivity contribution in [2.45, 2.75) is 0 Å². The Hall–Kier alpha value is -2.38. The number of benzene rings is 1. The van der Waals surface area contributed by atoms with Gasteiger partial charge < -0.3 is 15.4 Å². The van der Waals surface area contributed by atoms with Crippen LogP contribution in [0.15, 0.2) is 30.5 Å². The van der Waals surface area contributed by atoms with E-state index in [-0.39, 0.29) is 5.28 Å². The molecule has 1 aromatic carbocycles. The smallest absolute Gasteiger partial charge is 0.227 e. The fourth-order valence-electron chi connectivity index (χ4n) is 2.13. The zero-order valence-corrected chi connectivity index (χ0v) is 13.7. The molecule has 7 nitrogen and oxygen atoms in total. The van der Waals surface area contributed by atoms with Crippen molar-refractivity contribution in [3.05, 3.63) is 35.7 Å². The maximum absolute atomic E-state index is 6.01. The van der Waals surface area contributed by atoms with Crippen LogP contribution in [-0.2, 0) is 0 Å². The SMILES string of the molecule is CN(C)CCOc1cc(-n2ncc3cc(N)ccc32)nc(Cl)n1. The molecule has 0 saturated heterocycles. The molecule has 0 spiro atoms. The molecule has 3 aromatic rings. The predicted molar refractivity (Wildman–Crippen MR) is 90.1 cm³/mol. The molecule has 3 rings (SSSR count). The summed E-state index contributed by atoms with van der Waals surface area (Å²) >= 11 is 6.01. The van der Waals surface area contributed by atoms with Crippen LogP contribution >= 0.6 is 11.6 Å². The van der Waals surface area contributed by atoms with Gasteiger partial charge in [0.25, 0.3) is 0 Å². The Morgan fingerprint density at radius 3 is 2.87 bits per heavy atom. The first-order chi connectivity index (χ1) is 11.0. The van der Waals surface area contributed by atoms with E-state index >= 15 is 0 Å². The number of hydrogen-bond donors (Lipinski definition) is 1. The highest BCUT2D eigenvalue weighted by Gasteiger charge is 2.10. The number of rotatable bonds is 5. The predicted octanol–water partition coefficient (Wildman–Crippen LogP) is 1.99. The first-order valence-corrected chi connectivity index (χ1v) is 7.46. The van der Waals surface area contributed by atoms with E-state index < -0.39 is 0 Å². The highest BCUT2D eigenvalue weighted by atomic mass is 35.5. The van der Waals surface area contributed by atoms with Gasteiger partial charge in [0.2, 0.25) is 11.2 Å². The lowest BCUT2D eigenvalue weighted by atomic mass is 10.2. The number of likely N-dealkylation sites (N-methyl/N-ethyl adjacent to an activating group) is 1. The Balaban J connectivity index is 1.93.